The summed E-state index contributed by atoms with van der Waals surface area (Å²) < 4.78 is 11.9. The lowest BCUT2D eigenvalue weighted by atomic mass is 9.86. The van der Waals surface area contributed by atoms with Crippen LogP contribution < -0.4 is 0 Å². The first-order chi connectivity index (χ1) is 15.3. The van der Waals surface area contributed by atoms with Crippen LogP contribution in [0.25, 0.3) is 11.4 Å². The predicted octanol–water partition coefficient (Wildman–Crippen LogP) is 5.89. The van der Waals surface area contributed by atoms with E-state index in [4.69, 9.17) is 9.47 Å². The van der Waals surface area contributed by atoms with E-state index in [1.165, 1.54) is 32.1 Å². The summed E-state index contributed by atoms with van der Waals surface area (Å²) in [5.74, 6) is -1.38. The molecule has 3 rings (SSSR count). The van der Waals surface area contributed by atoms with Crippen molar-refractivity contribution in [3.05, 3.63) is 47.8 Å². The van der Waals surface area contributed by atoms with Gasteiger partial charge in [-0.2, -0.15) is 0 Å². The maximum Gasteiger partial charge on any atom is 0.343 e. The van der Waals surface area contributed by atoms with Crippen LogP contribution in [-0.2, 0) is 26.3 Å². The molecule has 1 aliphatic rings. The molecular weight excluding hydrogens is 404 g/mol. The fourth-order valence-electron chi connectivity index (χ4n) is 4.43. The molecule has 0 bridgehead atoms. The molecule has 0 saturated carbocycles. The van der Waals surface area contributed by atoms with Crippen LogP contribution in [0, 0.1) is 0 Å². The number of aliphatic carboxylic acids is 1. The standard InChI is InChI=1S/C26H36N2O4/c1-5-7-8-9-10-11-12-19-17-27-23(28-18-19)20-13-15-21(16-14-20)26(24(29)30)22(6-2)31-25(3,4)32-26/h13-18,22H,5-12H2,1-4H3,(H,29,30)/t22-,26-/m1/s1. The second kappa shape index (κ2) is 10.5. The molecule has 0 amide bonds. The third-order valence-electron chi connectivity index (χ3n) is 6.07. The van der Waals surface area contributed by atoms with Crippen molar-refractivity contribution in [2.24, 2.45) is 0 Å². The number of aromatic nitrogens is 2. The molecule has 1 aliphatic heterocycles. The van der Waals surface area contributed by atoms with Gasteiger partial charge in [-0.05, 0) is 44.2 Å². The molecule has 0 radical (unpaired) electrons. The van der Waals surface area contributed by atoms with Crippen molar-refractivity contribution in [3.8, 4) is 11.4 Å². The Kier molecular flexibility index (Phi) is 8.01. The molecule has 32 heavy (non-hydrogen) atoms. The zero-order valence-electron chi connectivity index (χ0n) is 19.8. The molecule has 1 fully saturated rings. The largest absolute Gasteiger partial charge is 0.479 e. The van der Waals surface area contributed by atoms with Gasteiger partial charge in [-0.3, -0.25) is 0 Å². The quantitative estimate of drug-likeness (QED) is 0.439. The summed E-state index contributed by atoms with van der Waals surface area (Å²) in [6.07, 6.45) is 12.4. The zero-order chi connectivity index (χ0) is 23.2. The summed E-state index contributed by atoms with van der Waals surface area (Å²) in [5.41, 5.74) is 1.02. The number of benzene rings is 1. The Morgan fingerprint density at radius 3 is 2.22 bits per heavy atom. The number of rotatable bonds is 11. The normalized spacial score (nSPS) is 22.2. The predicted molar refractivity (Wildman–Crippen MR) is 124 cm³/mol. The van der Waals surface area contributed by atoms with E-state index in [1.807, 2.05) is 31.5 Å². The third-order valence-corrected chi connectivity index (χ3v) is 6.07. The molecule has 1 aromatic carbocycles. The fourth-order valence-corrected chi connectivity index (χ4v) is 4.43. The number of carbonyl (C=O) groups is 1. The Morgan fingerprint density at radius 1 is 1.00 bits per heavy atom. The zero-order valence-corrected chi connectivity index (χ0v) is 19.8. The molecule has 1 aromatic heterocycles. The van der Waals surface area contributed by atoms with Gasteiger partial charge >= 0.3 is 5.97 Å². The van der Waals surface area contributed by atoms with Crippen molar-refractivity contribution >= 4 is 5.97 Å². The summed E-state index contributed by atoms with van der Waals surface area (Å²) in [6.45, 7) is 7.63. The SMILES string of the molecule is CCCCCCCCc1cnc(-c2ccc([C@@]3(C(=O)O)OC(C)(C)O[C@@H]3CC)cc2)nc1. The molecule has 6 heteroatoms. The van der Waals surface area contributed by atoms with Crippen LogP contribution in [-0.4, -0.2) is 32.9 Å². The highest BCUT2D eigenvalue weighted by atomic mass is 16.8. The third kappa shape index (κ3) is 5.36. The van der Waals surface area contributed by atoms with E-state index in [9.17, 15) is 9.90 Å². The number of unbranched alkanes of at least 4 members (excludes halogenated alkanes) is 5. The van der Waals surface area contributed by atoms with Gasteiger partial charge in [-0.1, -0.05) is 70.2 Å². The maximum absolute atomic E-state index is 12.3. The van der Waals surface area contributed by atoms with Crippen LogP contribution >= 0.6 is 0 Å². The number of carboxylic acid groups (broad SMARTS) is 1. The van der Waals surface area contributed by atoms with E-state index < -0.39 is 23.5 Å². The smallest absolute Gasteiger partial charge is 0.343 e. The van der Waals surface area contributed by atoms with Crippen LogP contribution in [0.1, 0.15) is 83.8 Å². The number of hydrogen-bond acceptors (Lipinski definition) is 5. The Balaban J connectivity index is 1.69. The molecule has 2 aromatic rings. The van der Waals surface area contributed by atoms with Gasteiger partial charge in [-0.25, -0.2) is 14.8 Å². The van der Waals surface area contributed by atoms with Crippen LogP contribution in [0.5, 0.6) is 0 Å². The lowest BCUT2D eigenvalue weighted by Gasteiger charge is -2.29. The van der Waals surface area contributed by atoms with Gasteiger partial charge in [0.15, 0.2) is 11.6 Å². The molecule has 0 unspecified atom stereocenters. The summed E-state index contributed by atoms with van der Waals surface area (Å²) in [5, 5.41) is 10.1. The van der Waals surface area contributed by atoms with E-state index >= 15 is 0 Å². The monoisotopic (exact) mass is 440 g/mol. The van der Waals surface area contributed by atoms with Crippen LogP contribution in [0.15, 0.2) is 36.7 Å². The van der Waals surface area contributed by atoms with Gasteiger partial charge in [0.05, 0.1) is 0 Å². The van der Waals surface area contributed by atoms with Crippen molar-refractivity contribution < 1.29 is 19.4 Å². The lowest BCUT2D eigenvalue weighted by molar-refractivity contribution is -0.187. The van der Waals surface area contributed by atoms with Gasteiger partial charge in [0.2, 0.25) is 5.60 Å². The molecule has 2 heterocycles. The first-order valence-corrected chi connectivity index (χ1v) is 11.9. The highest BCUT2D eigenvalue weighted by Crippen LogP contribution is 2.45. The van der Waals surface area contributed by atoms with Gasteiger partial charge in [0.1, 0.15) is 6.10 Å². The van der Waals surface area contributed by atoms with Crippen molar-refractivity contribution in [3.63, 3.8) is 0 Å². The highest BCUT2D eigenvalue weighted by Gasteiger charge is 2.59. The van der Waals surface area contributed by atoms with Crippen molar-refractivity contribution in [1.29, 1.82) is 0 Å². The summed E-state index contributed by atoms with van der Waals surface area (Å²) in [4.78, 5) is 21.4. The molecule has 1 saturated heterocycles. The Hall–Kier alpha value is -2.31. The number of ether oxygens (including phenoxy) is 2. The minimum Gasteiger partial charge on any atom is -0.479 e. The molecule has 2 atom stereocenters. The van der Waals surface area contributed by atoms with Crippen molar-refractivity contribution in [1.82, 2.24) is 9.97 Å². The fraction of sp³-hybridized carbons (Fsp3) is 0.577. The summed E-state index contributed by atoms with van der Waals surface area (Å²) in [7, 11) is 0. The van der Waals surface area contributed by atoms with Gasteiger partial charge in [-0.15, -0.1) is 0 Å². The van der Waals surface area contributed by atoms with Gasteiger partial charge in [0, 0.05) is 18.0 Å². The Morgan fingerprint density at radius 2 is 1.62 bits per heavy atom. The van der Waals surface area contributed by atoms with E-state index in [2.05, 4.69) is 16.9 Å². The van der Waals surface area contributed by atoms with Crippen LogP contribution in [0.3, 0.4) is 0 Å². The van der Waals surface area contributed by atoms with Crippen LogP contribution in [0.2, 0.25) is 0 Å². The maximum atomic E-state index is 12.3. The van der Waals surface area contributed by atoms with Gasteiger partial charge in [0.25, 0.3) is 0 Å². The molecule has 1 N–H and O–H groups in total. The molecule has 174 valence electrons. The molecule has 0 spiro atoms. The topological polar surface area (TPSA) is 81.5 Å². The number of aryl methyl sites for hydroxylation is 1. The lowest BCUT2D eigenvalue weighted by Crippen LogP contribution is -2.45. The first-order valence-electron chi connectivity index (χ1n) is 11.9. The second-order valence-electron chi connectivity index (χ2n) is 9.07. The van der Waals surface area contributed by atoms with Crippen molar-refractivity contribution in [2.75, 3.05) is 0 Å². The van der Waals surface area contributed by atoms with E-state index in [1.54, 1.807) is 26.0 Å². The second-order valence-corrected chi connectivity index (χ2v) is 9.07. The number of carboxylic acids is 1. The minimum absolute atomic E-state index is 0.528. The number of hydrogen-bond donors (Lipinski definition) is 1. The van der Waals surface area contributed by atoms with E-state index in [0.717, 1.165) is 24.0 Å². The Bertz CT molecular complexity index is 880. The summed E-state index contributed by atoms with van der Waals surface area (Å²) >= 11 is 0. The van der Waals surface area contributed by atoms with E-state index in [0.29, 0.717) is 17.8 Å². The first kappa shape index (κ1) is 24.3. The summed E-state index contributed by atoms with van der Waals surface area (Å²) in [6, 6.07) is 7.27. The molecule has 6 nitrogen and oxygen atoms in total. The van der Waals surface area contributed by atoms with Gasteiger partial charge < -0.3 is 14.6 Å². The molecule has 0 aliphatic carbocycles. The Labute approximate surface area is 191 Å². The average Bonchev–Trinajstić information content (AvgIpc) is 3.08. The van der Waals surface area contributed by atoms with Crippen LogP contribution in [0.4, 0.5) is 0 Å². The minimum atomic E-state index is -1.53. The van der Waals surface area contributed by atoms with Crippen molar-refractivity contribution in [2.45, 2.75) is 96.6 Å². The average molecular weight is 441 g/mol. The van der Waals surface area contributed by atoms with E-state index in [-0.39, 0.29) is 0 Å². The molecular formula is C26H36N2O4. The number of nitrogens with zero attached hydrogens (tertiary/aromatic N) is 2. The highest BCUT2D eigenvalue weighted by molar-refractivity contribution is 5.81.